The van der Waals surface area contributed by atoms with Crippen molar-refractivity contribution in [3.8, 4) is 0 Å². The van der Waals surface area contributed by atoms with Gasteiger partial charge in [-0.25, -0.2) is 0 Å². The summed E-state index contributed by atoms with van der Waals surface area (Å²) in [6, 6.07) is 12.6. The van der Waals surface area contributed by atoms with Crippen LogP contribution in [0, 0.1) is 0 Å². The van der Waals surface area contributed by atoms with Gasteiger partial charge in [-0.3, -0.25) is 4.79 Å². The molecule has 0 unspecified atom stereocenters. The van der Waals surface area contributed by atoms with Gasteiger partial charge in [0.2, 0.25) is 0 Å². The number of piperidine rings is 1. The van der Waals surface area contributed by atoms with Gasteiger partial charge in [0.15, 0.2) is 11.5 Å². The van der Waals surface area contributed by atoms with E-state index >= 15 is 0 Å². The monoisotopic (exact) mass is 298 g/mol. The fourth-order valence-electron chi connectivity index (χ4n) is 2.49. The van der Waals surface area contributed by atoms with E-state index in [1.165, 1.54) is 0 Å². The normalized spacial score (nSPS) is 18.0. The van der Waals surface area contributed by atoms with E-state index in [0.29, 0.717) is 12.4 Å². The minimum Gasteiger partial charge on any atom is -0.391 e. The van der Waals surface area contributed by atoms with Gasteiger partial charge in [0.05, 0.1) is 6.10 Å². The van der Waals surface area contributed by atoms with Crippen LogP contribution in [0.25, 0.3) is 0 Å². The lowest BCUT2D eigenvalue weighted by Crippen LogP contribution is -2.38. The Bertz CT molecular complexity index is 630. The van der Waals surface area contributed by atoms with Crippen LogP contribution in [0.15, 0.2) is 42.5 Å². The largest absolute Gasteiger partial charge is 0.391 e. The number of para-hydroxylation sites is 1. The number of aliphatic hydroxyl groups is 1. The maximum atomic E-state index is 12.1. The lowest BCUT2D eigenvalue weighted by molar-refractivity contribution is 0.102. The maximum absolute atomic E-state index is 12.1. The molecule has 0 radical (unpaired) electrons. The fourth-order valence-corrected chi connectivity index (χ4v) is 2.49. The number of nitrogens with one attached hydrogen (secondary N) is 1. The van der Waals surface area contributed by atoms with Crippen LogP contribution in [0.3, 0.4) is 0 Å². The van der Waals surface area contributed by atoms with Crippen molar-refractivity contribution in [3.05, 3.63) is 48.2 Å². The third-order valence-electron chi connectivity index (χ3n) is 3.64. The number of aromatic nitrogens is 2. The number of amides is 1. The van der Waals surface area contributed by atoms with E-state index in [9.17, 15) is 9.90 Å². The third-order valence-corrected chi connectivity index (χ3v) is 3.64. The molecule has 1 aromatic carbocycles. The molecule has 2 heterocycles. The Labute approximate surface area is 128 Å². The molecule has 1 aliphatic rings. The number of carbonyl (C=O) groups is 1. The molecule has 1 fully saturated rings. The van der Waals surface area contributed by atoms with Gasteiger partial charge in [0.1, 0.15) is 0 Å². The number of aliphatic hydroxyl groups excluding tert-OH is 1. The van der Waals surface area contributed by atoms with E-state index < -0.39 is 0 Å². The number of anilines is 2. The predicted octanol–water partition coefficient (Wildman–Crippen LogP) is 1.69. The minimum atomic E-state index is -0.323. The zero-order valence-corrected chi connectivity index (χ0v) is 12.1. The van der Waals surface area contributed by atoms with Crippen molar-refractivity contribution in [3.63, 3.8) is 0 Å². The average molecular weight is 298 g/mol. The van der Waals surface area contributed by atoms with Gasteiger partial charge in [0, 0.05) is 18.8 Å². The maximum Gasteiger partial charge on any atom is 0.276 e. The molecule has 1 saturated heterocycles. The molecule has 1 amide bonds. The van der Waals surface area contributed by atoms with Crippen LogP contribution in [0.4, 0.5) is 11.5 Å². The first-order valence-corrected chi connectivity index (χ1v) is 7.35. The van der Waals surface area contributed by atoms with E-state index in [0.717, 1.165) is 25.1 Å². The first-order valence-electron chi connectivity index (χ1n) is 7.35. The summed E-state index contributed by atoms with van der Waals surface area (Å²) in [5.41, 5.74) is 0.989. The quantitative estimate of drug-likeness (QED) is 0.901. The summed E-state index contributed by atoms with van der Waals surface area (Å²) in [6.45, 7) is 1.41. The highest BCUT2D eigenvalue weighted by Gasteiger charge is 2.19. The van der Waals surface area contributed by atoms with Crippen molar-refractivity contribution < 1.29 is 9.90 Å². The molecule has 6 heteroatoms. The topological polar surface area (TPSA) is 78.4 Å². The number of hydrogen-bond acceptors (Lipinski definition) is 5. The summed E-state index contributed by atoms with van der Waals surface area (Å²) >= 11 is 0. The summed E-state index contributed by atoms with van der Waals surface area (Å²) in [4.78, 5) is 14.1. The molecule has 2 aromatic rings. The van der Waals surface area contributed by atoms with Crippen LogP contribution in [-0.4, -0.2) is 40.4 Å². The van der Waals surface area contributed by atoms with E-state index in [2.05, 4.69) is 15.5 Å². The minimum absolute atomic E-state index is 0.269. The standard InChI is InChI=1S/C16H18N4O2/c21-13-7-4-10-20(11-13)15-9-8-14(18-19-15)16(22)17-12-5-2-1-3-6-12/h1-3,5-6,8-9,13,21H,4,7,10-11H2,(H,17,22)/t13-/m0/s1. The Morgan fingerprint density at radius 3 is 2.68 bits per heavy atom. The molecular weight excluding hydrogens is 280 g/mol. The van der Waals surface area contributed by atoms with Crippen molar-refractivity contribution in [2.24, 2.45) is 0 Å². The van der Waals surface area contributed by atoms with E-state index in [1.54, 1.807) is 12.1 Å². The number of benzene rings is 1. The van der Waals surface area contributed by atoms with Crippen LogP contribution in [-0.2, 0) is 0 Å². The smallest absolute Gasteiger partial charge is 0.276 e. The Hall–Kier alpha value is -2.47. The van der Waals surface area contributed by atoms with Crippen molar-refractivity contribution in [1.29, 1.82) is 0 Å². The van der Waals surface area contributed by atoms with Crippen molar-refractivity contribution in [1.82, 2.24) is 10.2 Å². The van der Waals surface area contributed by atoms with Gasteiger partial charge in [-0.1, -0.05) is 18.2 Å². The number of rotatable bonds is 3. The molecule has 0 spiro atoms. The van der Waals surface area contributed by atoms with Gasteiger partial charge in [0.25, 0.3) is 5.91 Å². The molecule has 3 rings (SSSR count). The molecule has 1 aliphatic heterocycles. The van der Waals surface area contributed by atoms with Crippen LogP contribution < -0.4 is 10.2 Å². The number of β-amino-alcohol motifs (C(OH)–C–C–N with tert-alkyl or cyclic N) is 1. The predicted molar refractivity (Wildman–Crippen MR) is 83.9 cm³/mol. The Balaban J connectivity index is 1.67. The van der Waals surface area contributed by atoms with Crippen molar-refractivity contribution in [2.45, 2.75) is 18.9 Å². The zero-order valence-electron chi connectivity index (χ0n) is 12.1. The highest BCUT2D eigenvalue weighted by atomic mass is 16.3. The Morgan fingerprint density at radius 2 is 2.00 bits per heavy atom. The molecular formula is C16H18N4O2. The molecule has 0 bridgehead atoms. The van der Waals surface area contributed by atoms with Crippen molar-refractivity contribution >= 4 is 17.4 Å². The first-order chi connectivity index (χ1) is 10.7. The highest BCUT2D eigenvalue weighted by Crippen LogP contribution is 2.17. The van der Waals surface area contributed by atoms with E-state index in [4.69, 9.17) is 0 Å². The summed E-state index contributed by atoms with van der Waals surface area (Å²) in [6.07, 6.45) is 1.43. The summed E-state index contributed by atoms with van der Waals surface area (Å²) in [5, 5.41) is 20.6. The number of hydrogen-bond donors (Lipinski definition) is 2. The molecule has 0 aliphatic carbocycles. The number of nitrogens with zero attached hydrogens (tertiary/aromatic N) is 3. The SMILES string of the molecule is O=C(Nc1ccccc1)c1ccc(N2CCC[C@H](O)C2)nn1. The van der Waals surface area contributed by atoms with E-state index in [-0.39, 0.29) is 17.7 Å². The second-order valence-corrected chi connectivity index (χ2v) is 5.34. The van der Waals surface area contributed by atoms with Gasteiger partial charge in [-0.15, -0.1) is 10.2 Å². The average Bonchev–Trinajstić information content (AvgIpc) is 2.56. The van der Waals surface area contributed by atoms with Gasteiger partial charge >= 0.3 is 0 Å². The third kappa shape index (κ3) is 3.40. The summed E-state index contributed by atoms with van der Waals surface area (Å²) in [7, 11) is 0. The fraction of sp³-hybridized carbons (Fsp3) is 0.312. The van der Waals surface area contributed by atoms with Crippen LogP contribution in [0.5, 0.6) is 0 Å². The molecule has 22 heavy (non-hydrogen) atoms. The van der Waals surface area contributed by atoms with Crippen molar-refractivity contribution in [2.75, 3.05) is 23.3 Å². The van der Waals surface area contributed by atoms with Gasteiger partial charge < -0.3 is 15.3 Å². The lowest BCUT2D eigenvalue weighted by Gasteiger charge is -2.30. The first kappa shape index (κ1) is 14.5. The Kier molecular flexibility index (Phi) is 4.29. The second kappa shape index (κ2) is 6.53. The van der Waals surface area contributed by atoms with Gasteiger partial charge in [-0.05, 0) is 37.1 Å². The number of carbonyl (C=O) groups excluding carboxylic acids is 1. The summed E-state index contributed by atoms with van der Waals surface area (Å²) in [5.74, 6) is 0.402. The lowest BCUT2D eigenvalue weighted by atomic mass is 10.1. The molecule has 1 atom stereocenters. The molecule has 0 saturated carbocycles. The summed E-state index contributed by atoms with van der Waals surface area (Å²) < 4.78 is 0. The molecule has 1 aromatic heterocycles. The van der Waals surface area contributed by atoms with E-state index in [1.807, 2.05) is 35.2 Å². The molecule has 114 valence electrons. The highest BCUT2D eigenvalue weighted by molar-refractivity contribution is 6.02. The zero-order chi connectivity index (χ0) is 15.4. The van der Waals surface area contributed by atoms with Crippen LogP contribution in [0.1, 0.15) is 23.3 Å². The van der Waals surface area contributed by atoms with Crippen LogP contribution in [0.2, 0.25) is 0 Å². The Morgan fingerprint density at radius 1 is 1.18 bits per heavy atom. The van der Waals surface area contributed by atoms with Gasteiger partial charge in [-0.2, -0.15) is 0 Å². The molecule has 2 N–H and O–H groups in total. The molecule has 6 nitrogen and oxygen atoms in total. The van der Waals surface area contributed by atoms with Crippen LogP contribution >= 0.6 is 0 Å². The second-order valence-electron chi connectivity index (χ2n) is 5.34.